The molecule has 0 aliphatic carbocycles. The summed E-state index contributed by atoms with van der Waals surface area (Å²) in [5, 5.41) is 19.3. The standard InChI is InChI=1S/C15H12N4OS/c16-15-17-13(11-8-4-5-9-12(11)20)14(21-15)19-18-10-6-2-1-3-7-10/h1-9,20H,(H2,16,17). The molecule has 6 heteroatoms. The maximum atomic E-state index is 9.93. The van der Waals surface area contributed by atoms with Crippen molar-refractivity contribution in [2.24, 2.45) is 10.2 Å². The molecule has 0 radical (unpaired) electrons. The molecule has 1 heterocycles. The van der Waals surface area contributed by atoms with Crippen LogP contribution in [0.5, 0.6) is 5.75 Å². The lowest BCUT2D eigenvalue weighted by Crippen LogP contribution is -1.83. The van der Waals surface area contributed by atoms with Crippen molar-refractivity contribution >= 4 is 27.2 Å². The number of phenolic OH excluding ortho intramolecular Hbond substituents is 1. The van der Waals surface area contributed by atoms with E-state index < -0.39 is 0 Å². The molecule has 0 saturated carbocycles. The number of para-hydroxylation sites is 1. The highest BCUT2D eigenvalue weighted by atomic mass is 32.1. The minimum Gasteiger partial charge on any atom is -0.507 e. The molecule has 0 aliphatic rings. The predicted octanol–water partition coefficient (Wildman–Crippen LogP) is 4.51. The highest BCUT2D eigenvalue weighted by molar-refractivity contribution is 7.19. The Bertz CT molecular complexity index is 783. The molecule has 5 nitrogen and oxygen atoms in total. The number of nitrogen functional groups attached to an aromatic ring is 1. The molecule has 0 saturated heterocycles. The van der Waals surface area contributed by atoms with Crippen molar-refractivity contribution in [1.29, 1.82) is 0 Å². The van der Waals surface area contributed by atoms with E-state index in [1.165, 1.54) is 11.3 Å². The molecular weight excluding hydrogens is 284 g/mol. The fraction of sp³-hybridized carbons (Fsp3) is 0. The summed E-state index contributed by atoms with van der Waals surface area (Å²) in [7, 11) is 0. The van der Waals surface area contributed by atoms with Gasteiger partial charge < -0.3 is 10.8 Å². The van der Waals surface area contributed by atoms with Crippen LogP contribution in [0.4, 0.5) is 15.8 Å². The highest BCUT2D eigenvalue weighted by Gasteiger charge is 2.14. The molecule has 0 spiro atoms. The van der Waals surface area contributed by atoms with Crippen LogP contribution in [0.3, 0.4) is 0 Å². The van der Waals surface area contributed by atoms with Crippen LogP contribution in [0, 0.1) is 0 Å². The molecule has 0 fully saturated rings. The van der Waals surface area contributed by atoms with Crippen molar-refractivity contribution < 1.29 is 5.11 Å². The van der Waals surface area contributed by atoms with Gasteiger partial charge in [-0.2, -0.15) is 0 Å². The van der Waals surface area contributed by atoms with Gasteiger partial charge in [0.1, 0.15) is 11.4 Å². The number of hydrogen-bond donors (Lipinski definition) is 2. The van der Waals surface area contributed by atoms with E-state index in [4.69, 9.17) is 5.73 Å². The largest absolute Gasteiger partial charge is 0.507 e. The summed E-state index contributed by atoms with van der Waals surface area (Å²) < 4.78 is 0. The summed E-state index contributed by atoms with van der Waals surface area (Å²) in [6.07, 6.45) is 0. The van der Waals surface area contributed by atoms with Gasteiger partial charge in [0.15, 0.2) is 10.1 Å². The lowest BCUT2D eigenvalue weighted by Gasteiger charge is -2.00. The van der Waals surface area contributed by atoms with Gasteiger partial charge >= 0.3 is 0 Å². The zero-order valence-corrected chi connectivity index (χ0v) is 11.8. The van der Waals surface area contributed by atoms with Gasteiger partial charge in [-0.15, -0.1) is 10.2 Å². The van der Waals surface area contributed by atoms with Gasteiger partial charge in [0.2, 0.25) is 0 Å². The predicted molar refractivity (Wildman–Crippen MR) is 84.2 cm³/mol. The van der Waals surface area contributed by atoms with Crippen molar-refractivity contribution in [3.05, 3.63) is 54.6 Å². The second-order valence-electron chi connectivity index (χ2n) is 4.26. The van der Waals surface area contributed by atoms with E-state index in [0.717, 1.165) is 5.69 Å². The zero-order valence-electron chi connectivity index (χ0n) is 11.0. The number of benzene rings is 2. The molecule has 2 aromatic carbocycles. The average molecular weight is 296 g/mol. The fourth-order valence-electron chi connectivity index (χ4n) is 1.84. The summed E-state index contributed by atoms with van der Waals surface area (Å²) in [6, 6.07) is 16.3. The molecule has 104 valence electrons. The Morgan fingerprint density at radius 3 is 2.43 bits per heavy atom. The lowest BCUT2D eigenvalue weighted by molar-refractivity contribution is 0.477. The van der Waals surface area contributed by atoms with Crippen LogP contribution in [-0.2, 0) is 0 Å². The van der Waals surface area contributed by atoms with Gasteiger partial charge in [-0.3, -0.25) is 0 Å². The van der Waals surface area contributed by atoms with Crippen LogP contribution in [0.1, 0.15) is 0 Å². The number of aromatic hydroxyl groups is 1. The maximum Gasteiger partial charge on any atom is 0.182 e. The second-order valence-corrected chi connectivity index (χ2v) is 5.27. The molecule has 0 aliphatic heterocycles. The topological polar surface area (TPSA) is 83.9 Å². The Hall–Kier alpha value is -2.73. The van der Waals surface area contributed by atoms with Gasteiger partial charge in [-0.1, -0.05) is 41.7 Å². The number of rotatable bonds is 3. The molecule has 0 atom stereocenters. The zero-order chi connectivity index (χ0) is 14.7. The number of thiazole rings is 1. The molecule has 1 aromatic heterocycles. The summed E-state index contributed by atoms with van der Waals surface area (Å²) in [4.78, 5) is 4.24. The van der Waals surface area contributed by atoms with Gasteiger partial charge in [0.05, 0.1) is 5.69 Å². The van der Waals surface area contributed by atoms with Crippen molar-refractivity contribution in [2.45, 2.75) is 0 Å². The van der Waals surface area contributed by atoms with E-state index in [0.29, 0.717) is 21.4 Å². The summed E-state index contributed by atoms with van der Waals surface area (Å²) in [6.45, 7) is 0. The molecular formula is C15H12N4OS. The summed E-state index contributed by atoms with van der Waals surface area (Å²) >= 11 is 1.23. The van der Waals surface area contributed by atoms with Crippen molar-refractivity contribution in [3.8, 4) is 17.0 Å². The smallest absolute Gasteiger partial charge is 0.182 e. The molecule has 0 bridgehead atoms. The Balaban J connectivity index is 2.01. The highest BCUT2D eigenvalue weighted by Crippen LogP contribution is 2.40. The van der Waals surface area contributed by atoms with Crippen molar-refractivity contribution in [1.82, 2.24) is 4.98 Å². The summed E-state index contributed by atoms with van der Waals surface area (Å²) in [5.41, 5.74) is 7.63. The minimum absolute atomic E-state index is 0.138. The first-order valence-electron chi connectivity index (χ1n) is 6.25. The third-order valence-electron chi connectivity index (χ3n) is 2.80. The van der Waals surface area contributed by atoms with E-state index in [2.05, 4.69) is 15.2 Å². The van der Waals surface area contributed by atoms with Crippen molar-refractivity contribution in [2.75, 3.05) is 5.73 Å². The van der Waals surface area contributed by atoms with Crippen LogP contribution in [-0.4, -0.2) is 10.1 Å². The van der Waals surface area contributed by atoms with Gasteiger partial charge in [0.25, 0.3) is 0 Å². The quantitative estimate of drug-likeness (QED) is 0.697. The Kier molecular flexibility index (Phi) is 3.61. The fourth-order valence-corrected chi connectivity index (χ4v) is 2.51. The Labute approximate surface area is 125 Å². The Morgan fingerprint density at radius 2 is 1.67 bits per heavy atom. The third kappa shape index (κ3) is 2.90. The molecule has 3 rings (SSSR count). The van der Waals surface area contributed by atoms with Gasteiger partial charge in [0, 0.05) is 5.56 Å². The molecule has 0 amide bonds. The number of hydrogen-bond acceptors (Lipinski definition) is 6. The molecule has 0 unspecified atom stereocenters. The van der Waals surface area contributed by atoms with E-state index >= 15 is 0 Å². The number of azo groups is 1. The maximum absolute atomic E-state index is 9.93. The monoisotopic (exact) mass is 296 g/mol. The summed E-state index contributed by atoms with van der Waals surface area (Å²) in [5.74, 6) is 0.138. The molecule has 3 N–H and O–H groups in total. The molecule has 3 aromatic rings. The number of aromatic nitrogens is 1. The number of nitrogens with two attached hydrogens (primary N) is 1. The third-order valence-corrected chi connectivity index (χ3v) is 3.57. The van der Waals surface area contributed by atoms with E-state index in [1.54, 1.807) is 18.2 Å². The number of anilines is 1. The van der Waals surface area contributed by atoms with Crippen LogP contribution < -0.4 is 5.73 Å². The van der Waals surface area contributed by atoms with Crippen LogP contribution in [0.2, 0.25) is 0 Å². The van der Waals surface area contributed by atoms with Crippen LogP contribution in [0.25, 0.3) is 11.3 Å². The van der Waals surface area contributed by atoms with E-state index in [-0.39, 0.29) is 5.75 Å². The molecule has 21 heavy (non-hydrogen) atoms. The minimum atomic E-state index is 0.138. The van der Waals surface area contributed by atoms with E-state index in [9.17, 15) is 5.11 Å². The lowest BCUT2D eigenvalue weighted by atomic mass is 10.1. The van der Waals surface area contributed by atoms with Gasteiger partial charge in [-0.25, -0.2) is 4.98 Å². The Morgan fingerprint density at radius 1 is 0.952 bits per heavy atom. The normalized spacial score (nSPS) is 11.0. The van der Waals surface area contributed by atoms with Crippen LogP contribution in [0.15, 0.2) is 64.8 Å². The second kappa shape index (κ2) is 5.72. The first-order valence-corrected chi connectivity index (χ1v) is 7.07. The SMILES string of the molecule is Nc1nc(-c2ccccc2O)c(N=Nc2ccccc2)s1. The van der Waals surface area contributed by atoms with Gasteiger partial charge in [-0.05, 0) is 24.3 Å². The number of nitrogens with zero attached hydrogens (tertiary/aromatic N) is 3. The van der Waals surface area contributed by atoms with E-state index in [1.807, 2.05) is 36.4 Å². The number of phenols is 1. The van der Waals surface area contributed by atoms with Crippen molar-refractivity contribution in [3.63, 3.8) is 0 Å². The average Bonchev–Trinajstić information content (AvgIpc) is 2.87. The first-order chi connectivity index (χ1) is 10.2. The van der Waals surface area contributed by atoms with Crippen LogP contribution >= 0.6 is 11.3 Å². The first kappa shape index (κ1) is 13.3.